The van der Waals surface area contributed by atoms with Gasteiger partial charge in [-0.3, -0.25) is 4.79 Å². The Bertz CT molecular complexity index is 752. The van der Waals surface area contributed by atoms with Gasteiger partial charge in [0.05, 0.1) is 6.26 Å². The highest BCUT2D eigenvalue weighted by atomic mass is 32.2. The summed E-state index contributed by atoms with van der Waals surface area (Å²) in [5.41, 5.74) is 2.38. The molecular formula is C20H35N3O3S. The second kappa shape index (κ2) is 9.06. The number of anilines is 2. The van der Waals surface area contributed by atoms with Crippen LogP contribution in [0.1, 0.15) is 53.0 Å². The summed E-state index contributed by atoms with van der Waals surface area (Å²) in [6.45, 7) is 10.2. The van der Waals surface area contributed by atoms with E-state index < -0.39 is 10.0 Å². The van der Waals surface area contributed by atoms with E-state index in [2.05, 4.69) is 5.32 Å². The fourth-order valence-corrected chi connectivity index (χ4v) is 4.06. The Morgan fingerprint density at radius 3 is 2.26 bits per heavy atom. The molecule has 0 unspecified atom stereocenters. The molecule has 0 bridgehead atoms. The molecule has 0 aliphatic rings. The summed E-state index contributed by atoms with van der Waals surface area (Å²) >= 11 is 0. The molecule has 1 rings (SSSR count). The van der Waals surface area contributed by atoms with Gasteiger partial charge >= 0.3 is 0 Å². The van der Waals surface area contributed by atoms with Gasteiger partial charge in [0, 0.05) is 44.5 Å². The van der Waals surface area contributed by atoms with Gasteiger partial charge in [-0.2, -0.15) is 4.31 Å². The molecule has 1 amide bonds. The highest BCUT2D eigenvalue weighted by molar-refractivity contribution is 7.88. The van der Waals surface area contributed by atoms with Crippen LogP contribution in [0.3, 0.4) is 0 Å². The average molecular weight is 398 g/mol. The summed E-state index contributed by atoms with van der Waals surface area (Å²) in [4.78, 5) is 14.2. The number of hydrogen-bond donors (Lipinski definition) is 1. The molecule has 1 aromatic carbocycles. The van der Waals surface area contributed by atoms with Gasteiger partial charge in [-0.25, -0.2) is 8.42 Å². The van der Waals surface area contributed by atoms with Crippen molar-refractivity contribution in [1.82, 2.24) is 4.31 Å². The molecule has 0 fully saturated rings. The fourth-order valence-electron chi connectivity index (χ4n) is 2.88. The summed E-state index contributed by atoms with van der Waals surface area (Å²) in [6, 6.07) is 5.54. The monoisotopic (exact) mass is 397 g/mol. The van der Waals surface area contributed by atoms with Gasteiger partial charge in [0.25, 0.3) is 0 Å². The summed E-state index contributed by atoms with van der Waals surface area (Å²) < 4.78 is 26.1. The Hall–Kier alpha value is -1.60. The van der Waals surface area contributed by atoms with Gasteiger partial charge in [0.2, 0.25) is 15.9 Å². The Labute approximate surface area is 165 Å². The second-order valence-electron chi connectivity index (χ2n) is 8.59. The first kappa shape index (κ1) is 23.4. The molecule has 0 spiro atoms. The van der Waals surface area contributed by atoms with Crippen LogP contribution >= 0.6 is 0 Å². The van der Waals surface area contributed by atoms with Gasteiger partial charge in [-0.1, -0.05) is 27.7 Å². The molecule has 1 atom stereocenters. The Kier molecular flexibility index (Phi) is 7.87. The van der Waals surface area contributed by atoms with Crippen LogP contribution in [0, 0.1) is 5.41 Å². The lowest BCUT2D eigenvalue weighted by atomic mass is 9.92. The number of amides is 1. The van der Waals surface area contributed by atoms with E-state index in [1.54, 1.807) is 0 Å². The summed E-state index contributed by atoms with van der Waals surface area (Å²) in [6.07, 6.45) is 2.38. The van der Waals surface area contributed by atoms with Crippen molar-refractivity contribution in [1.29, 1.82) is 0 Å². The topological polar surface area (TPSA) is 69.7 Å². The number of hydrogen-bond acceptors (Lipinski definition) is 4. The molecule has 0 aliphatic heterocycles. The number of rotatable bonds is 8. The third-order valence-electron chi connectivity index (χ3n) is 4.37. The molecule has 0 aliphatic carbocycles. The van der Waals surface area contributed by atoms with Crippen LogP contribution in [-0.4, -0.2) is 45.0 Å². The first-order valence-corrected chi connectivity index (χ1v) is 11.2. The van der Waals surface area contributed by atoms with Crippen LogP contribution in [-0.2, 0) is 21.4 Å². The normalized spacial score (nSPS) is 13.5. The third kappa shape index (κ3) is 7.50. The Morgan fingerprint density at radius 2 is 1.81 bits per heavy atom. The van der Waals surface area contributed by atoms with Crippen molar-refractivity contribution in [2.45, 2.75) is 60.0 Å². The maximum Gasteiger partial charge on any atom is 0.224 e. The highest BCUT2D eigenvalue weighted by Gasteiger charge is 2.24. The molecule has 1 aromatic rings. The number of carbonyl (C=O) groups excluding carboxylic acids is 1. The largest absolute Gasteiger partial charge is 0.377 e. The van der Waals surface area contributed by atoms with E-state index in [4.69, 9.17) is 0 Å². The molecule has 7 heteroatoms. The lowest BCUT2D eigenvalue weighted by Crippen LogP contribution is -2.37. The maximum atomic E-state index is 12.3. The minimum absolute atomic E-state index is 0.0482. The zero-order valence-electron chi connectivity index (χ0n) is 18.0. The molecule has 0 aromatic heterocycles. The zero-order valence-corrected chi connectivity index (χ0v) is 18.8. The van der Waals surface area contributed by atoms with Crippen LogP contribution in [0.5, 0.6) is 0 Å². The van der Waals surface area contributed by atoms with Crippen molar-refractivity contribution in [3.63, 3.8) is 0 Å². The van der Waals surface area contributed by atoms with Gasteiger partial charge < -0.3 is 10.2 Å². The molecule has 0 saturated carbocycles. The molecule has 0 heterocycles. The maximum absolute atomic E-state index is 12.3. The number of nitrogens with zero attached hydrogens (tertiary/aromatic N) is 2. The van der Waals surface area contributed by atoms with Crippen molar-refractivity contribution < 1.29 is 13.2 Å². The lowest BCUT2D eigenvalue weighted by molar-refractivity contribution is -0.117. The summed E-state index contributed by atoms with van der Waals surface area (Å²) in [7, 11) is 0.493. The van der Waals surface area contributed by atoms with Crippen molar-refractivity contribution in [2.75, 3.05) is 30.6 Å². The quantitative estimate of drug-likeness (QED) is 0.726. The van der Waals surface area contributed by atoms with Gasteiger partial charge in [0.15, 0.2) is 0 Å². The van der Waals surface area contributed by atoms with Crippen molar-refractivity contribution >= 4 is 27.3 Å². The SMILES string of the molecule is CC[C@H](C)N(Cc1cc(NC(=O)CC(C)(C)C)ccc1N(C)C)S(C)(=O)=O. The van der Waals surface area contributed by atoms with Crippen LogP contribution in [0.4, 0.5) is 11.4 Å². The lowest BCUT2D eigenvalue weighted by Gasteiger charge is -2.28. The molecule has 0 radical (unpaired) electrons. The molecule has 1 N–H and O–H groups in total. The smallest absolute Gasteiger partial charge is 0.224 e. The van der Waals surface area contributed by atoms with Crippen molar-refractivity contribution in [2.24, 2.45) is 5.41 Å². The first-order chi connectivity index (χ1) is 12.2. The molecular weight excluding hydrogens is 362 g/mol. The van der Waals surface area contributed by atoms with E-state index in [1.165, 1.54) is 10.6 Å². The predicted octanol–water partition coefficient (Wildman–Crippen LogP) is 3.69. The highest BCUT2D eigenvalue weighted by Crippen LogP contribution is 2.27. The number of benzene rings is 1. The molecule has 27 heavy (non-hydrogen) atoms. The summed E-state index contributed by atoms with van der Waals surface area (Å²) in [5, 5.41) is 2.93. The Balaban J connectivity index is 3.21. The number of nitrogens with one attached hydrogen (secondary N) is 1. The molecule has 154 valence electrons. The van der Waals surface area contributed by atoms with E-state index in [0.29, 0.717) is 12.1 Å². The summed E-state index contributed by atoms with van der Waals surface area (Å²) in [5.74, 6) is -0.0482. The minimum atomic E-state index is -3.35. The van der Waals surface area contributed by atoms with Crippen molar-refractivity contribution in [3.8, 4) is 0 Å². The van der Waals surface area contributed by atoms with E-state index in [9.17, 15) is 13.2 Å². The zero-order chi connectivity index (χ0) is 21.0. The third-order valence-corrected chi connectivity index (χ3v) is 5.71. The number of sulfonamides is 1. The van der Waals surface area contributed by atoms with E-state index in [0.717, 1.165) is 17.7 Å². The molecule has 6 nitrogen and oxygen atoms in total. The van der Waals surface area contributed by atoms with Crippen LogP contribution in [0.2, 0.25) is 0 Å². The second-order valence-corrected chi connectivity index (χ2v) is 10.5. The Morgan fingerprint density at radius 1 is 1.22 bits per heavy atom. The first-order valence-electron chi connectivity index (χ1n) is 9.31. The van der Waals surface area contributed by atoms with E-state index in [-0.39, 0.29) is 23.9 Å². The molecule has 0 saturated heterocycles. The van der Waals surface area contributed by atoms with Gasteiger partial charge in [-0.05, 0) is 42.5 Å². The van der Waals surface area contributed by atoms with Crippen LogP contribution in [0.15, 0.2) is 18.2 Å². The number of carbonyl (C=O) groups is 1. The fraction of sp³-hybridized carbons (Fsp3) is 0.650. The van der Waals surface area contributed by atoms with Crippen molar-refractivity contribution in [3.05, 3.63) is 23.8 Å². The standard InChI is InChI=1S/C20H35N3O3S/c1-9-15(2)23(27(8,25)26)14-16-12-17(10-11-18(16)22(6)7)21-19(24)13-20(3,4)5/h10-12,15H,9,13-14H2,1-8H3,(H,21,24)/t15-/m0/s1. The van der Waals surface area contributed by atoms with E-state index >= 15 is 0 Å². The average Bonchev–Trinajstić information content (AvgIpc) is 2.48. The van der Waals surface area contributed by atoms with Crippen LogP contribution < -0.4 is 10.2 Å². The van der Waals surface area contributed by atoms with E-state index in [1.807, 2.05) is 71.8 Å². The minimum Gasteiger partial charge on any atom is -0.377 e. The predicted molar refractivity (Wildman–Crippen MR) is 114 cm³/mol. The van der Waals surface area contributed by atoms with Gasteiger partial charge in [-0.15, -0.1) is 0 Å². The van der Waals surface area contributed by atoms with Gasteiger partial charge in [0.1, 0.15) is 0 Å². The van der Waals surface area contributed by atoms with Crippen LogP contribution in [0.25, 0.3) is 0 Å².